The molecule has 0 bridgehead atoms. The first-order valence-electron chi connectivity index (χ1n) is 10.7. The number of aromatic nitrogens is 2. The molecule has 0 unspecified atom stereocenters. The summed E-state index contributed by atoms with van der Waals surface area (Å²) in [6.45, 7) is 8.69. The van der Waals surface area contributed by atoms with Crippen LogP contribution in [-0.2, 0) is 18.7 Å². The number of nitrogens with one attached hydrogen (secondary N) is 1. The summed E-state index contributed by atoms with van der Waals surface area (Å²) in [7, 11) is 0. The second-order valence-electron chi connectivity index (χ2n) is 7.76. The fourth-order valence-electron chi connectivity index (χ4n) is 3.71. The molecule has 0 spiro atoms. The van der Waals surface area contributed by atoms with Gasteiger partial charge in [0.2, 0.25) is 0 Å². The Morgan fingerprint density at radius 1 is 1.34 bits per heavy atom. The summed E-state index contributed by atoms with van der Waals surface area (Å²) < 4.78 is 16.9. The van der Waals surface area contributed by atoms with Gasteiger partial charge in [-0.3, -0.25) is 4.79 Å². The van der Waals surface area contributed by atoms with Gasteiger partial charge < -0.3 is 19.3 Å². The molecule has 0 aliphatic carbocycles. The minimum atomic E-state index is -0.184. The first-order valence-corrected chi connectivity index (χ1v) is 11.7. The normalized spacial score (nSPS) is 14.7. The first kappa shape index (κ1) is 22.2. The van der Waals surface area contributed by atoms with Crippen molar-refractivity contribution in [2.24, 2.45) is 0 Å². The van der Waals surface area contributed by atoms with E-state index in [2.05, 4.69) is 15.5 Å². The highest BCUT2D eigenvalue weighted by atomic mass is 32.2. The average molecular weight is 454 g/mol. The number of ether oxygens (including phenoxy) is 2. The van der Waals surface area contributed by atoms with E-state index in [0.717, 1.165) is 46.1 Å². The van der Waals surface area contributed by atoms with Crippen molar-refractivity contribution in [2.75, 3.05) is 6.61 Å². The van der Waals surface area contributed by atoms with Crippen molar-refractivity contribution < 1.29 is 18.8 Å². The van der Waals surface area contributed by atoms with E-state index < -0.39 is 0 Å². The molecule has 3 heterocycles. The number of fused-ring (bicyclic) bond motifs is 1. The molecular weight excluding hydrogens is 426 g/mol. The summed E-state index contributed by atoms with van der Waals surface area (Å²) in [5, 5.41) is 7.67. The zero-order valence-corrected chi connectivity index (χ0v) is 19.5. The molecule has 0 radical (unpaired) electrons. The third kappa shape index (κ3) is 4.75. The standard InChI is InChI=1S/C24H27N3O4S/c1-5-29-21-10-17-9-14(2)30-22(17)11-18(21)12-26-23(28)19-7-6-8-25-24(19)32-13-20-15(3)27-31-16(20)4/h6-8,10-11,14H,5,9,12-13H2,1-4H3,(H,26,28)/t14-/m0/s1. The molecule has 3 aromatic rings. The maximum absolute atomic E-state index is 13.0. The monoisotopic (exact) mass is 453 g/mol. The SMILES string of the molecule is CCOc1cc2c(cc1CNC(=O)c1cccnc1SCc1c(C)noc1C)O[C@@H](C)C2. The Labute approximate surface area is 191 Å². The van der Waals surface area contributed by atoms with Gasteiger partial charge in [0.1, 0.15) is 28.4 Å². The number of aryl methyl sites for hydroxylation is 2. The summed E-state index contributed by atoms with van der Waals surface area (Å²) in [6, 6.07) is 7.55. The van der Waals surface area contributed by atoms with E-state index in [9.17, 15) is 4.79 Å². The number of thioether (sulfide) groups is 1. The lowest BCUT2D eigenvalue weighted by molar-refractivity contribution is 0.0947. The average Bonchev–Trinajstić information content (AvgIpc) is 3.30. The zero-order valence-electron chi connectivity index (χ0n) is 18.7. The van der Waals surface area contributed by atoms with Crippen molar-refractivity contribution in [3.8, 4) is 11.5 Å². The quantitative estimate of drug-likeness (QED) is 0.498. The number of nitrogens with zero attached hydrogens (tertiary/aromatic N) is 2. The van der Waals surface area contributed by atoms with Gasteiger partial charge in [0.25, 0.3) is 5.91 Å². The molecule has 4 rings (SSSR count). The third-order valence-electron chi connectivity index (χ3n) is 5.37. The van der Waals surface area contributed by atoms with E-state index in [-0.39, 0.29) is 12.0 Å². The van der Waals surface area contributed by atoms with Crippen molar-refractivity contribution in [1.82, 2.24) is 15.5 Å². The predicted molar refractivity (Wildman–Crippen MR) is 122 cm³/mol. The van der Waals surface area contributed by atoms with Gasteiger partial charge in [-0.15, -0.1) is 11.8 Å². The Bertz CT molecular complexity index is 1110. The molecule has 7 nitrogen and oxygen atoms in total. The second-order valence-corrected chi connectivity index (χ2v) is 8.73. The number of hydrogen-bond donors (Lipinski definition) is 1. The maximum Gasteiger partial charge on any atom is 0.254 e. The fourth-order valence-corrected chi connectivity index (χ4v) is 4.85. The Kier molecular flexibility index (Phi) is 6.69. The lowest BCUT2D eigenvalue weighted by Gasteiger charge is -2.14. The number of benzene rings is 1. The van der Waals surface area contributed by atoms with Crippen LogP contribution < -0.4 is 14.8 Å². The molecule has 0 fully saturated rings. The zero-order chi connectivity index (χ0) is 22.7. The molecule has 1 amide bonds. The highest BCUT2D eigenvalue weighted by molar-refractivity contribution is 7.98. The van der Waals surface area contributed by atoms with Crippen LogP contribution in [0.3, 0.4) is 0 Å². The van der Waals surface area contributed by atoms with Crippen molar-refractivity contribution in [3.05, 3.63) is 64.2 Å². The molecule has 1 atom stereocenters. The number of carbonyl (C=O) groups is 1. The number of amides is 1. The summed E-state index contributed by atoms with van der Waals surface area (Å²) in [4.78, 5) is 17.4. The number of hydrogen-bond acceptors (Lipinski definition) is 7. The Morgan fingerprint density at radius 2 is 2.19 bits per heavy atom. The van der Waals surface area contributed by atoms with Crippen molar-refractivity contribution in [3.63, 3.8) is 0 Å². The van der Waals surface area contributed by atoms with Crippen LogP contribution in [0.5, 0.6) is 11.5 Å². The molecule has 2 aromatic heterocycles. The summed E-state index contributed by atoms with van der Waals surface area (Å²) in [5.74, 6) is 2.88. The van der Waals surface area contributed by atoms with Crippen LogP contribution in [0.4, 0.5) is 0 Å². The van der Waals surface area contributed by atoms with Gasteiger partial charge in [-0.05, 0) is 52.0 Å². The third-order valence-corrected chi connectivity index (χ3v) is 6.40. The minimum absolute atomic E-state index is 0.150. The highest BCUT2D eigenvalue weighted by Gasteiger charge is 2.22. The molecule has 0 saturated heterocycles. The fraction of sp³-hybridized carbons (Fsp3) is 0.375. The van der Waals surface area contributed by atoms with Crippen LogP contribution in [0.25, 0.3) is 0 Å². The lowest BCUT2D eigenvalue weighted by atomic mass is 10.1. The van der Waals surface area contributed by atoms with Crippen molar-refractivity contribution in [2.45, 2.75) is 57.5 Å². The van der Waals surface area contributed by atoms with Gasteiger partial charge in [-0.25, -0.2) is 4.98 Å². The van der Waals surface area contributed by atoms with Gasteiger partial charge in [0, 0.05) is 41.6 Å². The van der Waals surface area contributed by atoms with Crippen molar-refractivity contribution in [1.29, 1.82) is 0 Å². The molecule has 168 valence electrons. The Balaban J connectivity index is 1.48. The van der Waals surface area contributed by atoms with Gasteiger partial charge >= 0.3 is 0 Å². The van der Waals surface area contributed by atoms with Crippen LogP contribution in [0.1, 0.15) is 52.3 Å². The van der Waals surface area contributed by atoms with E-state index in [0.29, 0.717) is 29.5 Å². The Morgan fingerprint density at radius 3 is 2.94 bits per heavy atom. The first-order chi connectivity index (χ1) is 15.5. The molecule has 8 heteroatoms. The second kappa shape index (κ2) is 9.65. The van der Waals surface area contributed by atoms with Crippen LogP contribution in [0.15, 0.2) is 40.0 Å². The van der Waals surface area contributed by atoms with Crippen molar-refractivity contribution >= 4 is 17.7 Å². The van der Waals surface area contributed by atoms with E-state index in [1.165, 1.54) is 11.8 Å². The van der Waals surface area contributed by atoms with Crippen LogP contribution in [-0.4, -0.2) is 28.8 Å². The summed E-state index contributed by atoms with van der Waals surface area (Å²) in [6.07, 6.45) is 2.71. The van der Waals surface area contributed by atoms with Gasteiger partial charge in [-0.1, -0.05) is 5.16 Å². The molecule has 32 heavy (non-hydrogen) atoms. The molecule has 1 N–H and O–H groups in total. The van der Waals surface area contributed by atoms with Gasteiger partial charge in [0.05, 0.1) is 17.9 Å². The van der Waals surface area contributed by atoms with E-state index >= 15 is 0 Å². The smallest absolute Gasteiger partial charge is 0.254 e. The molecule has 0 saturated carbocycles. The summed E-state index contributed by atoms with van der Waals surface area (Å²) >= 11 is 1.49. The van der Waals surface area contributed by atoms with Gasteiger partial charge in [0.15, 0.2) is 0 Å². The van der Waals surface area contributed by atoms with Crippen LogP contribution >= 0.6 is 11.8 Å². The predicted octanol–water partition coefficient (Wildman–Crippen LogP) is 4.63. The molecular formula is C24H27N3O4S. The maximum atomic E-state index is 13.0. The number of pyridine rings is 1. The highest BCUT2D eigenvalue weighted by Crippen LogP contribution is 2.35. The van der Waals surface area contributed by atoms with Gasteiger partial charge in [-0.2, -0.15) is 0 Å². The lowest BCUT2D eigenvalue weighted by Crippen LogP contribution is -2.24. The minimum Gasteiger partial charge on any atom is -0.494 e. The van der Waals surface area contributed by atoms with E-state index in [1.54, 1.807) is 18.3 Å². The molecule has 1 aromatic carbocycles. The largest absolute Gasteiger partial charge is 0.494 e. The van der Waals surface area contributed by atoms with Crippen LogP contribution in [0, 0.1) is 13.8 Å². The van der Waals surface area contributed by atoms with E-state index in [4.69, 9.17) is 14.0 Å². The van der Waals surface area contributed by atoms with Crippen LogP contribution in [0.2, 0.25) is 0 Å². The number of carbonyl (C=O) groups excluding carboxylic acids is 1. The molecule has 1 aliphatic heterocycles. The van der Waals surface area contributed by atoms with E-state index in [1.807, 2.05) is 39.8 Å². The topological polar surface area (TPSA) is 86.5 Å². The Hall–Kier alpha value is -3.00. The number of rotatable bonds is 8. The summed E-state index contributed by atoms with van der Waals surface area (Å²) in [5.41, 5.74) is 4.45. The molecule has 1 aliphatic rings.